The van der Waals surface area contributed by atoms with Crippen LogP contribution in [0.5, 0.6) is 11.5 Å². The minimum absolute atomic E-state index is 0.253. The molecule has 9 nitrogen and oxygen atoms in total. The molecule has 2 aliphatic heterocycles. The number of hydrogen-bond acceptors (Lipinski definition) is 8. The molecule has 2 aliphatic rings. The van der Waals surface area contributed by atoms with Crippen LogP contribution in [0.4, 0.5) is 11.4 Å². The number of anilines is 2. The van der Waals surface area contributed by atoms with Gasteiger partial charge < -0.3 is 19.8 Å². The number of rotatable bonds is 7. The van der Waals surface area contributed by atoms with Gasteiger partial charge in [0.25, 0.3) is 5.91 Å². The molecule has 2 unspecified atom stereocenters. The number of carbonyl (C=O) groups is 3. The zero-order valence-electron chi connectivity index (χ0n) is 24.2. The Morgan fingerprint density at radius 2 is 1.69 bits per heavy atom. The topological polar surface area (TPSA) is 118 Å². The van der Waals surface area contributed by atoms with Crippen LogP contribution < -0.4 is 24.6 Å². The van der Waals surface area contributed by atoms with E-state index >= 15 is 0 Å². The number of methoxy groups -OCH3 is 1. The summed E-state index contributed by atoms with van der Waals surface area (Å²) in [7, 11) is 1.49. The van der Waals surface area contributed by atoms with Gasteiger partial charge in [-0.05, 0) is 59.7 Å². The molecule has 226 valence electrons. The maximum atomic E-state index is 14.0. The Balaban J connectivity index is 1.15. The predicted molar refractivity (Wildman–Crippen MR) is 175 cm³/mol. The summed E-state index contributed by atoms with van der Waals surface area (Å²) in [6.45, 7) is 1.69. The number of aryl methyl sites for hydroxylation is 1. The average molecular weight is 638 g/mol. The van der Waals surface area contributed by atoms with E-state index in [4.69, 9.17) is 9.47 Å². The number of imide groups is 1. The average Bonchev–Trinajstić information content (AvgIpc) is 3.54. The molecule has 4 aromatic carbocycles. The number of hydrogen-bond donors (Lipinski definition) is 2. The van der Waals surface area contributed by atoms with Crippen molar-refractivity contribution >= 4 is 63.0 Å². The van der Waals surface area contributed by atoms with Gasteiger partial charge in [0.05, 0.1) is 23.7 Å². The van der Waals surface area contributed by atoms with Gasteiger partial charge in [-0.15, -0.1) is 0 Å². The van der Waals surface area contributed by atoms with Crippen molar-refractivity contribution in [3.63, 3.8) is 0 Å². The van der Waals surface area contributed by atoms with Gasteiger partial charge in [-0.3, -0.25) is 19.2 Å². The molecule has 1 fully saturated rings. The van der Waals surface area contributed by atoms with Crippen molar-refractivity contribution in [2.75, 3.05) is 23.9 Å². The van der Waals surface area contributed by atoms with Crippen molar-refractivity contribution in [1.29, 1.82) is 0 Å². The molecule has 3 atom stereocenters. The summed E-state index contributed by atoms with van der Waals surface area (Å²) < 4.78 is 11.5. The van der Waals surface area contributed by atoms with Crippen LogP contribution in [-0.2, 0) is 14.4 Å². The number of nitrogens with zero attached hydrogens (tertiary/aromatic N) is 1. The Bertz CT molecular complexity index is 2040. The fourth-order valence-corrected chi connectivity index (χ4v) is 8.44. The summed E-state index contributed by atoms with van der Waals surface area (Å²) in [5.74, 6) is -1.57. The normalized spacial score (nSPS) is 18.9. The molecule has 11 heteroatoms. The molecule has 3 amide bonds. The van der Waals surface area contributed by atoms with Crippen molar-refractivity contribution < 1.29 is 23.9 Å². The summed E-state index contributed by atoms with van der Waals surface area (Å²) in [5.41, 5.74) is 2.89. The van der Waals surface area contributed by atoms with Crippen molar-refractivity contribution in [1.82, 2.24) is 4.98 Å². The highest BCUT2D eigenvalue weighted by atomic mass is 32.2. The van der Waals surface area contributed by atoms with Gasteiger partial charge in [0.2, 0.25) is 11.8 Å². The molecule has 45 heavy (non-hydrogen) atoms. The lowest BCUT2D eigenvalue weighted by molar-refractivity contribution is -0.122. The molecule has 1 saturated heterocycles. The standard InChI is InChI=1S/C34H27N3O6S2/c1-18-7-12-23(13-8-18)37-32(39)28-27(29-31(36-34(41)45-29)44-30(28)33(37)40)21-10-14-24(25(16-21)42-2)43-17-26(38)35-22-11-9-19-5-3-4-6-20(19)15-22/h3-16,27-28,30H,17H2,1-2H3,(H,35,38)(H,36,41)/t27-,28?,30?/m1/s1. The maximum Gasteiger partial charge on any atom is 0.305 e. The number of H-pyrrole nitrogens is 1. The zero-order valence-corrected chi connectivity index (χ0v) is 25.9. The van der Waals surface area contributed by atoms with E-state index in [0.29, 0.717) is 38.3 Å². The minimum atomic E-state index is -0.730. The van der Waals surface area contributed by atoms with Gasteiger partial charge in [0.15, 0.2) is 18.1 Å². The summed E-state index contributed by atoms with van der Waals surface area (Å²) >= 11 is 2.27. The summed E-state index contributed by atoms with van der Waals surface area (Å²) in [5, 5.41) is 4.83. The van der Waals surface area contributed by atoms with E-state index in [-0.39, 0.29) is 29.2 Å². The number of thioether (sulfide) groups is 1. The monoisotopic (exact) mass is 637 g/mol. The number of carbonyl (C=O) groups excluding carboxylic acids is 3. The lowest BCUT2D eigenvalue weighted by Crippen LogP contribution is -2.32. The van der Waals surface area contributed by atoms with Crippen molar-refractivity contribution in [3.8, 4) is 11.5 Å². The van der Waals surface area contributed by atoms with Gasteiger partial charge in [0.1, 0.15) is 5.25 Å². The molecule has 0 bridgehead atoms. The molecule has 7 rings (SSSR count). The van der Waals surface area contributed by atoms with Gasteiger partial charge in [-0.25, -0.2) is 4.90 Å². The van der Waals surface area contributed by atoms with Gasteiger partial charge in [-0.2, -0.15) is 0 Å². The molecule has 0 spiro atoms. The number of aromatic amines is 1. The van der Waals surface area contributed by atoms with Crippen LogP contribution in [0.2, 0.25) is 0 Å². The first-order chi connectivity index (χ1) is 21.8. The highest BCUT2D eigenvalue weighted by Crippen LogP contribution is 2.53. The SMILES string of the molecule is COc1cc([C@H]2c3sc(=O)[nH]c3SC3C(=O)N(c4ccc(C)cc4)C(=O)C32)ccc1OCC(=O)Nc1ccc2ccccc2c1. The van der Waals surface area contributed by atoms with Crippen molar-refractivity contribution in [2.45, 2.75) is 23.1 Å². The largest absolute Gasteiger partial charge is 0.493 e. The molecule has 1 aromatic heterocycles. The van der Waals surface area contributed by atoms with Crippen molar-refractivity contribution in [3.05, 3.63) is 111 Å². The maximum absolute atomic E-state index is 14.0. The van der Waals surface area contributed by atoms with Gasteiger partial charge in [0, 0.05) is 16.5 Å². The number of fused-ring (bicyclic) bond motifs is 3. The van der Waals surface area contributed by atoms with E-state index in [1.165, 1.54) is 23.8 Å². The Hall–Kier alpha value is -4.87. The molecule has 3 heterocycles. The van der Waals surface area contributed by atoms with Gasteiger partial charge in [-0.1, -0.05) is 77.2 Å². The lowest BCUT2D eigenvalue weighted by Gasteiger charge is -2.30. The fraction of sp³-hybridized carbons (Fsp3) is 0.176. The number of benzene rings is 4. The Labute approximate surface area is 266 Å². The number of amides is 3. The van der Waals surface area contributed by atoms with Crippen LogP contribution >= 0.6 is 23.1 Å². The number of ether oxygens (including phenoxy) is 2. The third kappa shape index (κ3) is 5.27. The van der Waals surface area contributed by atoms with Crippen LogP contribution in [0.1, 0.15) is 21.9 Å². The fourth-order valence-electron chi connectivity index (χ4n) is 5.93. The minimum Gasteiger partial charge on any atom is -0.493 e. The molecule has 0 aliphatic carbocycles. The van der Waals surface area contributed by atoms with E-state index < -0.39 is 17.1 Å². The van der Waals surface area contributed by atoms with E-state index in [9.17, 15) is 19.2 Å². The Morgan fingerprint density at radius 1 is 0.911 bits per heavy atom. The number of aromatic nitrogens is 1. The highest BCUT2D eigenvalue weighted by molar-refractivity contribution is 8.00. The van der Waals surface area contributed by atoms with Crippen LogP contribution in [0.25, 0.3) is 10.8 Å². The first-order valence-electron chi connectivity index (χ1n) is 14.2. The second-order valence-corrected chi connectivity index (χ2v) is 13.1. The molecular formula is C34H27N3O6S2. The Morgan fingerprint density at radius 3 is 2.47 bits per heavy atom. The van der Waals surface area contributed by atoms with Crippen LogP contribution in [0, 0.1) is 12.8 Å². The third-order valence-electron chi connectivity index (χ3n) is 8.05. The van der Waals surface area contributed by atoms with Crippen molar-refractivity contribution in [2.24, 2.45) is 5.92 Å². The molecule has 2 N–H and O–H groups in total. The van der Waals surface area contributed by atoms with E-state index in [2.05, 4.69) is 10.3 Å². The van der Waals surface area contributed by atoms with E-state index in [1.807, 2.05) is 61.5 Å². The molecule has 0 radical (unpaired) electrons. The zero-order chi connectivity index (χ0) is 31.2. The van der Waals surface area contributed by atoms with E-state index in [0.717, 1.165) is 27.7 Å². The van der Waals surface area contributed by atoms with Crippen LogP contribution in [-0.4, -0.2) is 41.7 Å². The first kappa shape index (κ1) is 28.9. The molecular weight excluding hydrogens is 611 g/mol. The summed E-state index contributed by atoms with van der Waals surface area (Å²) in [4.78, 5) is 57.4. The van der Waals surface area contributed by atoms with Crippen LogP contribution in [0.3, 0.4) is 0 Å². The van der Waals surface area contributed by atoms with Crippen LogP contribution in [0.15, 0.2) is 94.7 Å². The van der Waals surface area contributed by atoms with E-state index in [1.54, 1.807) is 30.3 Å². The summed E-state index contributed by atoms with van der Waals surface area (Å²) in [6, 6.07) is 26.0. The summed E-state index contributed by atoms with van der Waals surface area (Å²) in [6.07, 6.45) is 0. The van der Waals surface area contributed by atoms with Gasteiger partial charge >= 0.3 is 4.87 Å². The molecule has 5 aromatic rings. The second-order valence-electron chi connectivity index (χ2n) is 10.9. The third-order valence-corrected chi connectivity index (χ3v) is 10.5. The quantitative estimate of drug-likeness (QED) is 0.219. The number of nitrogens with one attached hydrogen (secondary N) is 2. The first-order valence-corrected chi connectivity index (χ1v) is 15.9. The predicted octanol–water partition coefficient (Wildman–Crippen LogP) is 5.72. The number of thiazole rings is 1. The lowest BCUT2D eigenvalue weighted by atomic mass is 9.83. The molecule has 0 saturated carbocycles. The Kier molecular flexibility index (Phi) is 7.42. The smallest absolute Gasteiger partial charge is 0.305 e. The second kappa shape index (κ2) is 11.6. The highest BCUT2D eigenvalue weighted by Gasteiger charge is 2.56.